The number of hydrogen-bond donors (Lipinski definition) is 0. The topological polar surface area (TPSA) is 27.7 Å². The average molecular weight is 239 g/mol. The monoisotopic (exact) mass is 238 g/mol. The summed E-state index contributed by atoms with van der Waals surface area (Å²) in [7, 11) is 2.61. The van der Waals surface area contributed by atoms with E-state index in [2.05, 4.69) is 0 Å². The molecule has 0 aromatic heterocycles. The van der Waals surface area contributed by atoms with Crippen LogP contribution in [0.3, 0.4) is 0 Å². The lowest BCUT2D eigenvalue weighted by atomic mass is 10.00. The summed E-state index contributed by atoms with van der Waals surface area (Å²) in [4.78, 5) is 0. The van der Waals surface area contributed by atoms with Crippen LogP contribution in [0.4, 0.5) is 0 Å². The molecule has 5 heteroatoms. The smallest absolute Gasteiger partial charge is 0.377 e. The van der Waals surface area contributed by atoms with Crippen molar-refractivity contribution < 1.29 is 13.3 Å². The van der Waals surface area contributed by atoms with Crippen LogP contribution >= 0.6 is 11.6 Å². The highest BCUT2D eigenvalue weighted by Crippen LogP contribution is 2.39. The van der Waals surface area contributed by atoms with Crippen LogP contribution in [0.15, 0.2) is 0 Å². The van der Waals surface area contributed by atoms with Crippen molar-refractivity contribution in [2.75, 3.05) is 21.3 Å². The van der Waals surface area contributed by atoms with Crippen molar-refractivity contribution in [3.63, 3.8) is 0 Å². The fourth-order valence-corrected chi connectivity index (χ4v) is 4.95. The lowest BCUT2D eigenvalue weighted by Gasteiger charge is -2.35. The fraction of sp³-hybridized carbons (Fsp3) is 1.00. The summed E-state index contributed by atoms with van der Waals surface area (Å²) in [5.41, 5.74) is 0.414. The standard InChI is InChI=1S/C9H19ClO3Si/c1-11-14(12-2,13-3)9-6-4-8(10)5-7-9/h8-9H,4-7H2,1-3H3. The molecule has 1 saturated carbocycles. The predicted octanol–water partition coefficient (Wildman–Crippen LogP) is 2.42. The summed E-state index contributed by atoms with van der Waals surface area (Å²) in [5, 5.41) is 0.323. The fourth-order valence-electron chi connectivity index (χ4n) is 2.16. The highest BCUT2D eigenvalue weighted by atomic mass is 35.5. The summed E-state index contributed by atoms with van der Waals surface area (Å²) in [6, 6.07) is 0. The molecule has 1 rings (SSSR count). The molecule has 0 N–H and O–H groups in total. The Labute approximate surface area is 92.0 Å². The Hall–Kier alpha value is 0.387. The minimum atomic E-state index is -2.40. The van der Waals surface area contributed by atoms with E-state index in [-0.39, 0.29) is 0 Å². The van der Waals surface area contributed by atoms with E-state index in [1.54, 1.807) is 21.3 Å². The molecule has 14 heavy (non-hydrogen) atoms. The third-order valence-electron chi connectivity index (χ3n) is 3.01. The van der Waals surface area contributed by atoms with Gasteiger partial charge in [-0.1, -0.05) is 0 Å². The zero-order valence-corrected chi connectivity index (χ0v) is 10.8. The second kappa shape index (κ2) is 5.46. The first-order valence-corrected chi connectivity index (χ1v) is 7.22. The normalized spacial score (nSPS) is 29.1. The Morgan fingerprint density at radius 3 is 1.71 bits per heavy atom. The van der Waals surface area contributed by atoms with Crippen LogP contribution in [0, 0.1) is 0 Å². The molecule has 0 spiro atoms. The first-order chi connectivity index (χ1) is 6.68. The van der Waals surface area contributed by atoms with Crippen LogP contribution in [0.1, 0.15) is 25.7 Å². The Balaban J connectivity index is 2.60. The van der Waals surface area contributed by atoms with E-state index in [4.69, 9.17) is 24.9 Å². The van der Waals surface area contributed by atoms with Gasteiger partial charge in [0.15, 0.2) is 0 Å². The highest BCUT2D eigenvalue weighted by Gasteiger charge is 2.47. The summed E-state index contributed by atoms with van der Waals surface area (Å²) in [5.74, 6) is 0. The second-order valence-electron chi connectivity index (χ2n) is 3.66. The van der Waals surface area contributed by atoms with Gasteiger partial charge in [-0.3, -0.25) is 0 Å². The van der Waals surface area contributed by atoms with Gasteiger partial charge in [0.2, 0.25) is 0 Å². The molecule has 0 unspecified atom stereocenters. The lowest BCUT2D eigenvalue weighted by molar-refractivity contribution is 0.105. The van der Waals surface area contributed by atoms with Gasteiger partial charge in [-0.2, -0.15) is 0 Å². The van der Waals surface area contributed by atoms with Crippen LogP contribution in [0.2, 0.25) is 5.54 Å². The van der Waals surface area contributed by atoms with Gasteiger partial charge >= 0.3 is 8.80 Å². The van der Waals surface area contributed by atoms with E-state index in [1.165, 1.54) is 0 Å². The van der Waals surface area contributed by atoms with Crippen molar-refractivity contribution in [1.29, 1.82) is 0 Å². The quantitative estimate of drug-likeness (QED) is 0.556. The molecule has 3 nitrogen and oxygen atoms in total. The van der Waals surface area contributed by atoms with Gasteiger partial charge in [0.05, 0.1) is 0 Å². The van der Waals surface area contributed by atoms with Crippen LogP contribution in [0.5, 0.6) is 0 Å². The van der Waals surface area contributed by atoms with E-state index in [0.29, 0.717) is 10.9 Å². The summed E-state index contributed by atoms with van der Waals surface area (Å²) in [6.07, 6.45) is 4.18. The molecule has 0 bridgehead atoms. The minimum Gasteiger partial charge on any atom is -0.377 e. The van der Waals surface area contributed by atoms with Gasteiger partial charge in [0.1, 0.15) is 0 Å². The summed E-state index contributed by atoms with van der Waals surface area (Å²) in [6.45, 7) is 0. The Morgan fingerprint density at radius 2 is 1.36 bits per heavy atom. The minimum absolute atomic E-state index is 0.323. The highest BCUT2D eigenvalue weighted by molar-refractivity contribution is 6.62. The van der Waals surface area contributed by atoms with Gasteiger partial charge in [-0.05, 0) is 25.7 Å². The Bertz CT molecular complexity index is 159. The van der Waals surface area contributed by atoms with Crippen molar-refractivity contribution in [3.8, 4) is 0 Å². The van der Waals surface area contributed by atoms with Gasteiger partial charge < -0.3 is 13.3 Å². The van der Waals surface area contributed by atoms with Gasteiger partial charge in [-0.15, -0.1) is 11.6 Å². The van der Waals surface area contributed by atoms with E-state index in [0.717, 1.165) is 25.7 Å². The number of halogens is 1. The van der Waals surface area contributed by atoms with E-state index in [1.807, 2.05) is 0 Å². The number of hydrogen-bond acceptors (Lipinski definition) is 3. The predicted molar refractivity (Wildman–Crippen MR) is 58.6 cm³/mol. The molecule has 84 valence electrons. The van der Waals surface area contributed by atoms with Crippen LogP contribution in [0.25, 0.3) is 0 Å². The van der Waals surface area contributed by atoms with Crippen LogP contribution in [-0.2, 0) is 13.3 Å². The van der Waals surface area contributed by atoms with Crippen LogP contribution in [-0.4, -0.2) is 35.5 Å². The maximum absolute atomic E-state index is 6.05. The van der Waals surface area contributed by atoms with Gasteiger partial charge in [0, 0.05) is 32.2 Å². The first-order valence-electron chi connectivity index (χ1n) is 4.98. The van der Waals surface area contributed by atoms with E-state index >= 15 is 0 Å². The van der Waals surface area contributed by atoms with Crippen molar-refractivity contribution >= 4 is 20.4 Å². The summed E-state index contributed by atoms with van der Waals surface area (Å²) >= 11 is 6.05. The van der Waals surface area contributed by atoms with Gasteiger partial charge in [-0.25, -0.2) is 0 Å². The number of rotatable bonds is 4. The molecule has 1 aliphatic rings. The molecule has 0 aliphatic heterocycles. The average Bonchev–Trinajstić information content (AvgIpc) is 2.24. The maximum Gasteiger partial charge on any atom is 0.503 e. The second-order valence-corrected chi connectivity index (χ2v) is 7.53. The zero-order chi connectivity index (χ0) is 10.6. The van der Waals surface area contributed by atoms with Crippen molar-refractivity contribution in [1.82, 2.24) is 0 Å². The largest absolute Gasteiger partial charge is 0.503 e. The van der Waals surface area contributed by atoms with Crippen molar-refractivity contribution in [2.45, 2.75) is 36.6 Å². The SMILES string of the molecule is CO[Si](OC)(OC)C1CCC(Cl)CC1. The first kappa shape index (κ1) is 12.5. The molecule has 0 saturated heterocycles. The molecule has 1 fully saturated rings. The molecule has 0 aromatic rings. The lowest BCUT2D eigenvalue weighted by Crippen LogP contribution is -2.48. The third kappa shape index (κ3) is 2.49. The third-order valence-corrected chi connectivity index (χ3v) is 6.73. The van der Waals surface area contributed by atoms with Crippen molar-refractivity contribution in [3.05, 3.63) is 0 Å². The number of alkyl halides is 1. The molecular weight excluding hydrogens is 220 g/mol. The Morgan fingerprint density at radius 1 is 0.929 bits per heavy atom. The van der Waals surface area contributed by atoms with Gasteiger partial charge in [0.25, 0.3) is 0 Å². The zero-order valence-electron chi connectivity index (χ0n) is 9.09. The molecule has 0 amide bonds. The van der Waals surface area contributed by atoms with E-state index in [9.17, 15) is 0 Å². The summed E-state index contributed by atoms with van der Waals surface area (Å²) < 4.78 is 16.4. The van der Waals surface area contributed by atoms with Crippen LogP contribution < -0.4 is 0 Å². The maximum atomic E-state index is 6.05. The molecule has 0 aromatic carbocycles. The molecular formula is C9H19ClO3Si. The molecule has 0 radical (unpaired) electrons. The molecule has 0 atom stereocenters. The molecule has 1 aliphatic carbocycles. The van der Waals surface area contributed by atoms with E-state index < -0.39 is 8.80 Å². The molecule has 0 heterocycles. The van der Waals surface area contributed by atoms with Crippen molar-refractivity contribution in [2.24, 2.45) is 0 Å². The Kier molecular flexibility index (Phi) is 4.86.